The Morgan fingerprint density at radius 3 is 1.80 bits per heavy atom. The first kappa shape index (κ1) is 24.6. The highest BCUT2D eigenvalue weighted by Gasteiger charge is 2.31. The summed E-state index contributed by atoms with van der Waals surface area (Å²) in [6.07, 6.45) is 0. The zero-order valence-corrected chi connectivity index (χ0v) is 23.9. The number of fused-ring (bicyclic) bond motifs is 3. The van der Waals surface area contributed by atoms with Gasteiger partial charge in [-0.25, -0.2) is 4.98 Å². The Morgan fingerprint density at radius 1 is 0.432 bits per heavy atom. The van der Waals surface area contributed by atoms with E-state index in [1.807, 2.05) is 0 Å². The lowest BCUT2D eigenvalue weighted by atomic mass is 9.95. The van der Waals surface area contributed by atoms with E-state index in [4.69, 9.17) is 4.98 Å². The molecule has 3 heteroatoms. The van der Waals surface area contributed by atoms with Crippen LogP contribution in [0.5, 0.6) is 0 Å². The molecule has 206 valence electrons. The molecule has 0 spiro atoms. The number of benzene rings is 7. The predicted octanol–water partition coefficient (Wildman–Crippen LogP) is 11.0. The average molecular weight is 562 g/mol. The molecule has 0 radical (unpaired) electrons. The quantitative estimate of drug-likeness (QED) is 0.213. The first-order chi connectivity index (χ1) is 21.8. The van der Waals surface area contributed by atoms with Crippen LogP contribution in [0.1, 0.15) is 0 Å². The van der Waals surface area contributed by atoms with Crippen LogP contribution in [0.25, 0.3) is 61.1 Å². The molecule has 0 unspecified atom stereocenters. The van der Waals surface area contributed by atoms with Gasteiger partial charge in [0.1, 0.15) is 5.82 Å². The van der Waals surface area contributed by atoms with Crippen molar-refractivity contribution in [2.75, 3.05) is 4.90 Å². The Balaban J connectivity index is 1.30. The van der Waals surface area contributed by atoms with Gasteiger partial charge in [-0.3, -0.25) is 4.57 Å². The fourth-order valence-corrected chi connectivity index (χ4v) is 6.67. The van der Waals surface area contributed by atoms with Crippen LogP contribution in [0.4, 0.5) is 17.1 Å². The number of rotatable bonds is 4. The van der Waals surface area contributed by atoms with Gasteiger partial charge >= 0.3 is 0 Å². The number of hydrogen-bond donors (Lipinski definition) is 0. The molecule has 7 aromatic carbocycles. The average Bonchev–Trinajstić information content (AvgIpc) is 3.50. The van der Waals surface area contributed by atoms with Crippen molar-refractivity contribution in [3.05, 3.63) is 164 Å². The lowest BCUT2D eigenvalue weighted by Crippen LogP contribution is -2.19. The second-order valence-electron chi connectivity index (χ2n) is 11.3. The summed E-state index contributed by atoms with van der Waals surface area (Å²) in [4.78, 5) is 7.60. The SMILES string of the molecule is c1ccc(-c2ccc3cc(-c4cccc5c4N(c4ccccc4)c4cccc6nc(-c7ccccc7)n-5c46)ccc3c2)cc1. The summed E-state index contributed by atoms with van der Waals surface area (Å²) >= 11 is 0. The van der Waals surface area contributed by atoms with Crippen LogP contribution in [0.2, 0.25) is 0 Å². The van der Waals surface area contributed by atoms with Crippen LogP contribution >= 0.6 is 0 Å². The molecule has 0 saturated carbocycles. The maximum atomic E-state index is 5.19. The topological polar surface area (TPSA) is 21.1 Å². The van der Waals surface area contributed by atoms with E-state index in [9.17, 15) is 0 Å². The van der Waals surface area contributed by atoms with Crippen LogP contribution in [-0.4, -0.2) is 9.55 Å². The first-order valence-corrected chi connectivity index (χ1v) is 15.0. The molecule has 1 aromatic heterocycles. The summed E-state index contributed by atoms with van der Waals surface area (Å²) < 4.78 is 2.35. The number of hydrogen-bond acceptors (Lipinski definition) is 2. The van der Waals surface area contributed by atoms with Crippen molar-refractivity contribution in [2.45, 2.75) is 0 Å². The van der Waals surface area contributed by atoms with Crippen LogP contribution in [0.15, 0.2) is 164 Å². The Hall–Kier alpha value is -5.93. The molecular weight excluding hydrogens is 534 g/mol. The van der Waals surface area contributed by atoms with Crippen molar-refractivity contribution < 1.29 is 0 Å². The summed E-state index contributed by atoms with van der Waals surface area (Å²) in [5, 5.41) is 2.45. The van der Waals surface area contributed by atoms with Crippen molar-refractivity contribution in [1.82, 2.24) is 9.55 Å². The molecule has 0 bridgehead atoms. The molecule has 3 nitrogen and oxygen atoms in total. The van der Waals surface area contributed by atoms with Gasteiger partial charge in [0.05, 0.1) is 28.1 Å². The Labute approximate surface area is 255 Å². The molecule has 0 atom stereocenters. The van der Waals surface area contributed by atoms with Gasteiger partial charge < -0.3 is 4.90 Å². The van der Waals surface area contributed by atoms with E-state index in [1.54, 1.807) is 0 Å². The third-order valence-corrected chi connectivity index (χ3v) is 8.68. The zero-order chi connectivity index (χ0) is 29.0. The zero-order valence-electron chi connectivity index (χ0n) is 23.9. The molecule has 8 aromatic rings. The van der Waals surface area contributed by atoms with Crippen molar-refractivity contribution in [3.63, 3.8) is 0 Å². The molecule has 1 aliphatic heterocycles. The van der Waals surface area contributed by atoms with E-state index in [0.717, 1.165) is 45.2 Å². The van der Waals surface area contributed by atoms with Gasteiger partial charge in [-0.05, 0) is 69.9 Å². The minimum atomic E-state index is 0.950. The van der Waals surface area contributed by atoms with Gasteiger partial charge in [0, 0.05) is 16.8 Å². The lowest BCUT2D eigenvalue weighted by molar-refractivity contribution is 1.06. The highest BCUT2D eigenvalue weighted by atomic mass is 15.2. The Kier molecular flexibility index (Phi) is 5.50. The van der Waals surface area contributed by atoms with E-state index >= 15 is 0 Å². The third-order valence-electron chi connectivity index (χ3n) is 8.68. The molecule has 9 rings (SSSR count). The molecule has 0 fully saturated rings. The second-order valence-corrected chi connectivity index (χ2v) is 11.3. The summed E-state index contributed by atoms with van der Waals surface area (Å²) in [5.41, 5.74) is 12.5. The van der Waals surface area contributed by atoms with Crippen LogP contribution < -0.4 is 4.90 Å². The third kappa shape index (κ3) is 3.80. The number of nitrogens with zero attached hydrogens (tertiary/aromatic N) is 3. The van der Waals surface area contributed by atoms with E-state index in [-0.39, 0.29) is 0 Å². The molecule has 44 heavy (non-hydrogen) atoms. The fourth-order valence-electron chi connectivity index (χ4n) is 6.67. The second kappa shape index (κ2) is 9.82. The van der Waals surface area contributed by atoms with Crippen LogP contribution in [-0.2, 0) is 0 Å². The highest BCUT2D eigenvalue weighted by Crippen LogP contribution is 2.51. The van der Waals surface area contributed by atoms with Gasteiger partial charge in [0.25, 0.3) is 0 Å². The monoisotopic (exact) mass is 561 g/mol. The Morgan fingerprint density at radius 2 is 1.05 bits per heavy atom. The highest BCUT2D eigenvalue weighted by molar-refractivity contribution is 6.07. The van der Waals surface area contributed by atoms with Crippen LogP contribution in [0.3, 0.4) is 0 Å². The number of anilines is 3. The lowest BCUT2D eigenvalue weighted by Gasteiger charge is -2.34. The van der Waals surface area contributed by atoms with Gasteiger partial charge in [-0.2, -0.15) is 0 Å². The van der Waals surface area contributed by atoms with E-state index in [2.05, 4.69) is 173 Å². The maximum absolute atomic E-state index is 5.19. The van der Waals surface area contributed by atoms with Crippen molar-refractivity contribution in [3.8, 4) is 39.3 Å². The summed E-state index contributed by atoms with van der Waals surface area (Å²) in [6, 6.07) is 58.5. The summed E-state index contributed by atoms with van der Waals surface area (Å²) in [7, 11) is 0. The van der Waals surface area contributed by atoms with Crippen molar-refractivity contribution in [2.24, 2.45) is 0 Å². The molecular formula is C41H27N3. The maximum Gasteiger partial charge on any atom is 0.145 e. The van der Waals surface area contributed by atoms with E-state index < -0.39 is 0 Å². The molecule has 0 N–H and O–H groups in total. The summed E-state index contributed by atoms with van der Waals surface area (Å²) in [5.74, 6) is 0.950. The molecule has 0 amide bonds. The standard InChI is InChI=1S/C41H27N3/c1-4-12-28(13-5-1)30-22-23-32-27-33(25-24-31(32)26-30)35-18-10-20-37-39(35)43(34-16-8-3-9-17-34)38-21-11-19-36-40(38)44(37)41(42-36)29-14-6-2-7-15-29/h1-27H. The minimum absolute atomic E-state index is 0.950. The Bertz CT molecular complexity index is 2320. The molecule has 0 aliphatic carbocycles. The van der Waals surface area contributed by atoms with Gasteiger partial charge in [-0.1, -0.05) is 121 Å². The van der Waals surface area contributed by atoms with E-state index in [0.29, 0.717) is 0 Å². The molecule has 2 heterocycles. The van der Waals surface area contributed by atoms with Crippen LogP contribution in [0, 0.1) is 0 Å². The molecule has 0 saturated heterocycles. The van der Waals surface area contributed by atoms with E-state index in [1.165, 1.54) is 33.0 Å². The van der Waals surface area contributed by atoms with Crippen molar-refractivity contribution >= 4 is 38.9 Å². The van der Waals surface area contributed by atoms with Gasteiger partial charge in [0.15, 0.2) is 0 Å². The predicted molar refractivity (Wildman–Crippen MR) is 183 cm³/mol. The smallest absolute Gasteiger partial charge is 0.145 e. The number of para-hydroxylation sites is 3. The largest absolute Gasteiger partial charge is 0.306 e. The van der Waals surface area contributed by atoms with Crippen molar-refractivity contribution in [1.29, 1.82) is 0 Å². The fraction of sp³-hybridized carbons (Fsp3) is 0. The minimum Gasteiger partial charge on any atom is -0.306 e. The summed E-state index contributed by atoms with van der Waals surface area (Å²) in [6.45, 7) is 0. The normalized spacial score (nSPS) is 12.0. The molecule has 1 aliphatic rings. The number of imidazole rings is 1. The van der Waals surface area contributed by atoms with Gasteiger partial charge in [-0.15, -0.1) is 0 Å². The van der Waals surface area contributed by atoms with Gasteiger partial charge in [0.2, 0.25) is 0 Å². The first-order valence-electron chi connectivity index (χ1n) is 15.0. The number of aromatic nitrogens is 2.